The van der Waals surface area contributed by atoms with Gasteiger partial charge in [-0.1, -0.05) is 48.0 Å². The fourth-order valence-electron chi connectivity index (χ4n) is 8.59. The largest absolute Gasteiger partial charge is 0.481 e. The SMILES string of the molecule is CC[C@H](C)[C@H](NC(=O)[C@H](CC(C)C)NC(=O)[C@H](CCCCN)NC(=O)[C@H](CCC(N)=O)NC(=O)[C@@H](N)CCC(=O)O)C(=O)N[C@@H](CO)C(=O)N[C@@H](CCC(=O)O)C(=O)N[C@@H](CCC(=O)O)C(=O)N[C@@H](CC(=O)O)C(=O)N[C@@H](CC(C)C)C(=O)N[C@@H](CC(N)=O)C(=O)O. The second-order valence-electron chi connectivity index (χ2n) is 22.7. The van der Waals surface area contributed by atoms with Crippen molar-refractivity contribution in [1.82, 2.24) is 53.2 Å². The summed E-state index contributed by atoms with van der Waals surface area (Å²) in [6.45, 7) is 8.63. The lowest BCUT2D eigenvalue weighted by molar-refractivity contribution is -0.144. The Balaban J connectivity index is 6.94. The van der Waals surface area contributed by atoms with Crippen LogP contribution in [0, 0.1) is 17.8 Å². The zero-order valence-corrected chi connectivity index (χ0v) is 52.2. The summed E-state index contributed by atoms with van der Waals surface area (Å²) < 4.78 is 0. The molecule has 0 spiro atoms. The molecule has 0 fully saturated rings. The molecule has 12 amide bonds. The maximum Gasteiger partial charge on any atom is 0.326 e. The van der Waals surface area contributed by atoms with Gasteiger partial charge in [0.05, 0.1) is 25.5 Å². The number of aliphatic carboxylic acids is 5. The van der Waals surface area contributed by atoms with Crippen LogP contribution in [-0.2, 0) is 81.5 Å². The monoisotopic (exact) mass is 1320 g/mol. The molecule has 12 atom stereocenters. The molecule has 92 heavy (non-hydrogen) atoms. The van der Waals surface area contributed by atoms with E-state index in [1.165, 1.54) is 6.92 Å². The number of primary amides is 2. The van der Waals surface area contributed by atoms with E-state index in [1.807, 2.05) is 10.6 Å². The predicted octanol–water partition coefficient (Wildman–Crippen LogP) is -6.28. The summed E-state index contributed by atoms with van der Waals surface area (Å²) in [5.41, 5.74) is 21.9. The number of rotatable bonds is 48. The topological polar surface area (TPSA) is 636 Å². The number of nitrogens with two attached hydrogens (primary N) is 4. The molecule has 0 rings (SSSR count). The van der Waals surface area contributed by atoms with Crippen molar-refractivity contribution in [1.29, 1.82) is 0 Å². The summed E-state index contributed by atoms with van der Waals surface area (Å²) in [5, 5.41) is 80.6. The van der Waals surface area contributed by atoms with E-state index >= 15 is 0 Å². The summed E-state index contributed by atoms with van der Waals surface area (Å²) in [6.07, 6.45) is -6.62. The third-order valence-electron chi connectivity index (χ3n) is 13.8. The summed E-state index contributed by atoms with van der Waals surface area (Å²) in [7, 11) is 0. The maximum atomic E-state index is 14.2. The van der Waals surface area contributed by atoms with Crippen LogP contribution in [0.2, 0.25) is 0 Å². The molecule has 0 aromatic carbocycles. The van der Waals surface area contributed by atoms with Crippen molar-refractivity contribution >= 4 is 101 Å². The Morgan fingerprint density at radius 1 is 0.370 bits per heavy atom. The molecule has 0 aliphatic rings. The van der Waals surface area contributed by atoms with Crippen molar-refractivity contribution in [2.45, 2.75) is 211 Å². The molecule has 0 aliphatic heterocycles. The zero-order valence-electron chi connectivity index (χ0n) is 52.2. The number of unbranched alkanes of at least 4 members (excludes halogenated alkanes) is 1. The molecule has 0 radical (unpaired) electrons. The highest BCUT2D eigenvalue weighted by Crippen LogP contribution is 2.15. The smallest absolute Gasteiger partial charge is 0.326 e. The van der Waals surface area contributed by atoms with E-state index < -0.39 is 237 Å². The van der Waals surface area contributed by atoms with Gasteiger partial charge in [0.1, 0.15) is 60.4 Å². The second kappa shape index (κ2) is 42.8. The predicted molar refractivity (Wildman–Crippen MR) is 318 cm³/mol. The molecule has 0 saturated carbocycles. The molecule has 0 aromatic heterocycles. The third kappa shape index (κ3) is 33.6. The van der Waals surface area contributed by atoms with Crippen molar-refractivity contribution in [3.8, 4) is 0 Å². The highest BCUT2D eigenvalue weighted by molar-refractivity contribution is 6.00. The summed E-state index contributed by atoms with van der Waals surface area (Å²) in [6, 6.07) is -18.9. The van der Waals surface area contributed by atoms with Crippen LogP contribution >= 0.6 is 0 Å². The van der Waals surface area contributed by atoms with Crippen LogP contribution in [0.25, 0.3) is 0 Å². The second-order valence-corrected chi connectivity index (χ2v) is 22.7. The van der Waals surface area contributed by atoms with E-state index in [0.717, 1.165) is 0 Å². The van der Waals surface area contributed by atoms with Crippen LogP contribution in [0.1, 0.15) is 144 Å². The van der Waals surface area contributed by atoms with Gasteiger partial charge in [-0.15, -0.1) is 0 Å². The van der Waals surface area contributed by atoms with E-state index in [9.17, 15) is 107 Å². The number of aliphatic hydroxyl groups is 1. The molecule has 0 saturated heterocycles. The number of carboxylic acids is 5. The maximum absolute atomic E-state index is 14.2. The van der Waals surface area contributed by atoms with Gasteiger partial charge in [0.15, 0.2) is 0 Å². The number of nitrogens with one attached hydrogen (secondary N) is 10. The van der Waals surface area contributed by atoms with Crippen molar-refractivity contribution in [3.63, 3.8) is 0 Å². The lowest BCUT2D eigenvalue weighted by Crippen LogP contribution is -2.62. The Labute approximate surface area is 529 Å². The van der Waals surface area contributed by atoms with Crippen molar-refractivity contribution < 1.29 is 112 Å². The fraction of sp³-hybridized carbons (Fsp3) is 0.691. The van der Waals surface area contributed by atoms with Gasteiger partial charge < -0.3 is 107 Å². The van der Waals surface area contributed by atoms with Gasteiger partial charge in [0, 0.05) is 25.7 Å². The molecule has 520 valence electrons. The Morgan fingerprint density at radius 2 is 0.717 bits per heavy atom. The average molecular weight is 1320 g/mol. The molecule has 37 nitrogen and oxygen atoms in total. The molecule has 37 heteroatoms. The van der Waals surface area contributed by atoms with E-state index in [4.69, 9.17) is 28.0 Å². The van der Waals surface area contributed by atoms with Crippen LogP contribution in [0.3, 0.4) is 0 Å². The molecule has 0 bridgehead atoms. The van der Waals surface area contributed by atoms with Crippen molar-refractivity contribution in [2.24, 2.45) is 40.7 Å². The number of carbonyl (C=O) groups excluding carboxylic acids is 12. The van der Waals surface area contributed by atoms with E-state index in [1.54, 1.807) is 34.6 Å². The highest BCUT2D eigenvalue weighted by atomic mass is 16.4. The van der Waals surface area contributed by atoms with Crippen molar-refractivity contribution in [2.75, 3.05) is 13.2 Å². The standard InChI is InChI=1S/C55H92N14O23/c1-7-27(6)44(69-52(88)34(21-26(4)5)64-46(82)29(10-8-9-19-56)61-47(83)30(12-15-38(58)71)60-45(81)28(57)11-16-40(73)74)54(90)68-37(24-70)53(89)63-31(13-17-41(75)76)48(84)62-32(14-18-42(77)78)49(85)66-35(23-43(79)80)51(87)65-33(20-25(2)3)50(86)67-36(55(91)92)22-39(59)72/h25-37,44,70H,7-24,56-57H2,1-6H3,(H2,58,71)(H2,59,72)(H,60,81)(H,61,83)(H,62,84)(H,63,89)(H,64,82)(H,65,87)(H,66,85)(H,67,86)(H,68,90)(H,69,88)(H,73,74)(H,75,76)(H,77,78)(H,79,80)(H,91,92)/t27-,28-,29-,30-,31-,32-,33-,34-,35-,36-,37-,44-/m0/s1. The van der Waals surface area contributed by atoms with Gasteiger partial charge in [0.2, 0.25) is 70.9 Å². The summed E-state index contributed by atoms with van der Waals surface area (Å²) >= 11 is 0. The van der Waals surface area contributed by atoms with Gasteiger partial charge >= 0.3 is 29.8 Å². The molecular formula is C55H92N14O23. The number of amides is 12. The number of aliphatic hydroxyl groups excluding tert-OH is 1. The highest BCUT2D eigenvalue weighted by Gasteiger charge is 2.38. The Bertz CT molecular complexity index is 2610. The van der Waals surface area contributed by atoms with E-state index in [-0.39, 0.29) is 57.4 Å². The number of carboxylic acid groups (broad SMARTS) is 5. The Morgan fingerprint density at radius 3 is 1.10 bits per heavy atom. The molecule has 0 unspecified atom stereocenters. The first kappa shape index (κ1) is 82.9. The number of carbonyl (C=O) groups is 17. The third-order valence-corrected chi connectivity index (χ3v) is 13.8. The first-order valence-electron chi connectivity index (χ1n) is 29.6. The lowest BCUT2D eigenvalue weighted by atomic mass is 9.96. The van der Waals surface area contributed by atoms with Crippen LogP contribution in [0.15, 0.2) is 0 Å². The van der Waals surface area contributed by atoms with Crippen LogP contribution in [0.4, 0.5) is 0 Å². The quantitative estimate of drug-likeness (QED) is 0.0252. The van der Waals surface area contributed by atoms with Crippen molar-refractivity contribution in [3.05, 3.63) is 0 Å². The lowest BCUT2D eigenvalue weighted by Gasteiger charge is -2.30. The fourth-order valence-corrected chi connectivity index (χ4v) is 8.59. The first-order valence-corrected chi connectivity index (χ1v) is 29.6. The van der Waals surface area contributed by atoms with Gasteiger partial charge in [-0.2, -0.15) is 0 Å². The average Bonchev–Trinajstić information content (AvgIpc) is 1.18. The van der Waals surface area contributed by atoms with Crippen LogP contribution in [0.5, 0.6) is 0 Å². The number of hydrogen-bond donors (Lipinski definition) is 20. The number of hydrogen-bond acceptors (Lipinski definition) is 20. The zero-order chi connectivity index (χ0) is 70.7. The van der Waals surface area contributed by atoms with Gasteiger partial charge in [-0.05, 0) is 82.1 Å². The van der Waals surface area contributed by atoms with Gasteiger partial charge in [0.25, 0.3) is 0 Å². The van der Waals surface area contributed by atoms with E-state index in [0.29, 0.717) is 6.42 Å². The normalized spacial score (nSPS) is 15.0. The minimum Gasteiger partial charge on any atom is -0.481 e. The molecule has 0 aromatic rings. The molecule has 24 N–H and O–H groups in total. The van der Waals surface area contributed by atoms with Gasteiger partial charge in [-0.25, -0.2) is 4.79 Å². The Hall–Kier alpha value is -9.13. The van der Waals surface area contributed by atoms with E-state index in [2.05, 4.69) is 42.5 Å². The minimum atomic E-state index is -2.10. The molecular weight excluding hydrogens is 1220 g/mol. The molecule has 0 heterocycles. The summed E-state index contributed by atoms with van der Waals surface area (Å²) in [5.74, 6) is -22.8. The molecule has 0 aliphatic carbocycles. The van der Waals surface area contributed by atoms with Crippen LogP contribution in [-0.4, -0.2) is 211 Å². The van der Waals surface area contributed by atoms with Crippen LogP contribution < -0.4 is 76.1 Å². The first-order chi connectivity index (χ1) is 42.9. The minimum absolute atomic E-state index is 0.0792. The Kier molecular flexibility index (Phi) is 38.5. The summed E-state index contributed by atoms with van der Waals surface area (Å²) in [4.78, 5) is 219. The van der Waals surface area contributed by atoms with Gasteiger partial charge in [-0.3, -0.25) is 76.7 Å².